The van der Waals surface area contributed by atoms with Crippen LogP contribution in [0.1, 0.15) is 31.4 Å². The zero-order valence-corrected chi connectivity index (χ0v) is 18.7. The van der Waals surface area contributed by atoms with Crippen molar-refractivity contribution in [2.24, 2.45) is 0 Å². The van der Waals surface area contributed by atoms with E-state index in [4.69, 9.17) is 16.3 Å². The van der Waals surface area contributed by atoms with Crippen molar-refractivity contribution in [3.63, 3.8) is 0 Å². The second-order valence-electron chi connectivity index (χ2n) is 6.71. The first-order chi connectivity index (χ1) is 13.7. The van der Waals surface area contributed by atoms with Gasteiger partial charge in [-0.2, -0.15) is 0 Å². The molecule has 0 saturated carbocycles. The number of aryl methyl sites for hydroxylation is 1. The Bertz CT molecular complexity index is 946. The molecule has 158 valence electrons. The van der Waals surface area contributed by atoms with Crippen LogP contribution in [0.25, 0.3) is 0 Å². The smallest absolute Gasteiger partial charge is 0.244 e. The Morgan fingerprint density at radius 2 is 1.83 bits per heavy atom. The first-order valence-electron chi connectivity index (χ1n) is 9.42. The van der Waals surface area contributed by atoms with Crippen LogP contribution < -0.4 is 14.4 Å². The van der Waals surface area contributed by atoms with E-state index in [2.05, 4.69) is 5.32 Å². The summed E-state index contributed by atoms with van der Waals surface area (Å²) in [6, 6.07) is 11.5. The zero-order chi connectivity index (χ0) is 21.6. The molecule has 1 N–H and O–H groups in total. The lowest BCUT2D eigenvalue weighted by Crippen LogP contribution is -2.49. The van der Waals surface area contributed by atoms with Crippen LogP contribution in [0.5, 0.6) is 5.75 Å². The topological polar surface area (TPSA) is 75.7 Å². The van der Waals surface area contributed by atoms with E-state index < -0.39 is 16.1 Å². The number of nitrogens with zero attached hydrogens (tertiary/aromatic N) is 1. The van der Waals surface area contributed by atoms with Crippen LogP contribution >= 0.6 is 11.6 Å². The van der Waals surface area contributed by atoms with Crippen molar-refractivity contribution in [2.45, 2.75) is 39.8 Å². The summed E-state index contributed by atoms with van der Waals surface area (Å²) in [4.78, 5) is 12.9. The Kier molecular flexibility index (Phi) is 7.93. The highest BCUT2D eigenvalue weighted by molar-refractivity contribution is 7.92. The lowest BCUT2D eigenvalue weighted by atomic mass is 10.1. The van der Waals surface area contributed by atoms with Gasteiger partial charge >= 0.3 is 0 Å². The molecular formula is C21H27ClN2O4S. The normalized spacial score (nSPS) is 12.3. The lowest BCUT2D eigenvalue weighted by Gasteiger charge is -2.30. The molecule has 0 aliphatic carbocycles. The van der Waals surface area contributed by atoms with Crippen molar-refractivity contribution in [3.8, 4) is 5.75 Å². The third-order valence-corrected chi connectivity index (χ3v) is 6.03. The fraction of sp³-hybridized carbons (Fsp3) is 0.381. The second kappa shape index (κ2) is 9.98. The highest BCUT2D eigenvalue weighted by Crippen LogP contribution is 2.27. The van der Waals surface area contributed by atoms with Gasteiger partial charge in [0.05, 0.1) is 18.6 Å². The monoisotopic (exact) mass is 438 g/mol. The number of hydrogen-bond acceptors (Lipinski definition) is 4. The second-order valence-corrected chi connectivity index (χ2v) is 8.98. The predicted molar refractivity (Wildman–Crippen MR) is 117 cm³/mol. The number of benzene rings is 2. The maximum atomic E-state index is 12.9. The van der Waals surface area contributed by atoms with Crippen molar-refractivity contribution in [1.29, 1.82) is 0 Å². The minimum Gasteiger partial charge on any atom is -0.494 e. The van der Waals surface area contributed by atoms with E-state index in [1.165, 1.54) is 0 Å². The standard InChI is InChI=1S/C21H27ClN2O4S/c1-5-20(21(25)23-14-16-8-11-18(12-9-16)28-6-2)24(29(4,26)27)17-10-7-15(3)19(22)13-17/h7-13,20H,5-6,14H2,1-4H3,(H,23,25). The fourth-order valence-corrected chi connectivity index (χ4v) is 4.33. The van der Waals surface area contributed by atoms with E-state index >= 15 is 0 Å². The lowest BCUT2D eigenvalue weighted by molar-refractivity contribution is -0.122. The summed E-state index contributed by atoms with van der Waals surface area (Å²) in [5.74, 6) is 0.386. The first-order valence-corrected chi connectivity index (χ1v) is 11.6. The van der Waals surface area contributed by atoms with E-state index in [9.17, 15) is 13.2 Å². The Labute approximate surface area is 177 Å². The molecule has 0 aliphatic heterocycles. The molecule has 29 heavy (non-hydrogen) atoms. The maximum Gasteiger partial charge on any atom is 0.244 e. The molecule has 2 aromatic rings. The van der Waals surface area contributed by atoms with Gasteiger partial charge in [-0.05, 0) is 55.7 Å². The van der Waals surface area contributed by atoms with Gasteiger partial charge in [-0.25, -0.2) is 8.42 Å². The van der Waals surface area contributed by atoms with Gasteiger partial charge in [0.15, 0.2) is 0 Å². The SMILES string of the molecule is CCOc1ccc(CNC(=O)C(CC)N(c2ccc(C)c(Cl)c2)S(C)(=O)=O)cc1. The molecule has 2 rings (SSSR count). The van der Waals surface area contributed by atoms with E-state index in [0.29, 0.717) is 23.7 Å². The molecule has 0 bridgehead atoms. The molecule has 0 radical (unpaired) electrons. The average Bonchev–Trinajstić information content (AvgIpc) is 2.67. The Morgan fingerprint density at radius 3 is 2.34 bits per heavy atom. The molecule has 6 nitrogen and oxygen atoms in total. The van der Waals surface area contributed by atoms with Crippen LogP contribution in [-0.4, -0.2) is 33.2 Å². The number of amides is 1. The number of hydrogen-bond donors (Lipinski definition) is 1. The van der Waals surface area contributed by atoms with Crippen molar-refractivity contribution in [2.75, 3.05) is 17.2 Å². The third kappa shape index (κ3) is 6.11. The molecule has 0 aliphatic rings. The minimum absolute atomic E-state index is 0.286. The van der Waals surface area contributed by atoms with Gasteiger partial charge in [0.2, 0.25) is 15.9 Å². The molecule has 8 heteroatoms. The number of carbonyl (C=O) groups is 1. The molecule has 0 saturated heterocycles. The summed E-state index contributed by atoms with van der Waals surface area (Å²) in [6.45, 7) is 6.38. The molecule has 0 fully saturated rings. The number of sulfonamides is 1. The quantitative estimate of drug-likeness (QED) is 0.644. The van der Waals surface area contributed by atoms with E-state index in [1.807, 2.05) is 38.1 Å². The number of carbonyl (C=O) groups excluding carboxylic acids is 1. The van der Waals surface area contributed by atoms with E-state index in [0.717, 1.165) is 27.4 Å². The molecule has 1 atom stereocenters. The summed E-state index contributed by atoms with van der Waals surface area (Å²) < 4.78 is 31.5. The highest BCUT2D eigenvalue weighted by atomic mass is 35.5. The number of anilines is 1. The van der Waals surface area contributed by atoms with Gasteiger partial charge in [0, 0.05) is 11.6 Å². The van der Waals surface area contributed by atoms with Crippen LogP contribution in [0, 0.1) is 6.92 Å². The van der Waals surface area contributed by atoms with E-state index in [1.54, 1.807) is 25.1 Å². The summed E-state index contributed by atoms with van der Waals surface area (Å²) in [6.07, 6.45) is 1.40. The molecule has 1 amide bonds. The van der Waals surface area contributed by atoms with Gasteiger partial charge in [0.1, 0.15) is 11.8 Å². The van der Waals surface area contributed by atoms with Crippen LogP contribution in [-0.2, 0) is 21.4 Å². The van der Waals surface area contributed by atoms with Gasteiger partial charge < -0.3 is 10.1 Å². The predicted octanol–water partition coefficient (Wildman–Crippen LogP) is 3.91. The van der Waals surface area contributed by atoms with Gasteiger partial charge in [-0.1, -0.05) is 36.7 Å². The van der Waals surface area contributed by atoms with Gasteiger partial charge in [-0.15, -0.1) is 0 Å². The largest absolute Gasteiger partial charge is 0.494 e. The molecular weight excluding hydrogens is 412 g/mol. The number of nitrogens with one attached hydrogen (secondary N) is 1. The summed E-state index contributed by atoms with van der Waals surface area (Å²) >= 11 is 6.18. The molecule has 1 unspecified atom stereocenters. The Balaban J connectivity index is 2.20. The van der Waals surface area contributed by atoms with Crippen molar-refractivity contribution >= 4 is 33.2 Å². The van der Waals surface area contributed by atoms with Crippen molar-refractivity contribution in [3.05, 3.63) is 58.6 Å². The van der Waals surface area contributed by atoms with Crippen molar-refractivity contribution in [1.82, 2.24) is 5.32 Å². The number of ether oxygens (including phenoxy) is 1. The molecule has 0 spiro atoms. The molecule has 0 heterocycles. The Hall–Kier alpha value is -2.25. The molecule has 2 aromatic carbocycles. The maximum absolute atomic E-state index is 12.9. The summed E-state index contributed by atoms with van der Waals surface area (Å²) in [5, 5.41) is 3.28. The van der Waals surface area contributed by atoms with Gasteiger partial charge in [0.25, 0.3) is 0 Å². The van der Waals surface area contributed by atoms with Gasteiger partial charge in [-0.3, -0.25) is 9.10 Å². The minimum atomic E-state index is -3.70. The first kappa shape index (κ1) is 23.0. The fourth-order valence-electron chi connectivity index (χ4n) is 2.96. The number of halogens is 1. The van der Waals surface area contributed by atoms with Crippen LogP contribution in [0.4, 0.5) is 5.69 Å². The van der Waals surface area contributed by atoms with Crippen LogP contribution in [0.3, 0.4) is 0 Å². The number of rotatable bonds is 9. The average molecular weight is 439 g/mol. The molecule has 0 aromatic heterocycles. The van der Waals surface area contributed by atoms with Crippen LogP contribution in [0.2, 0.25) is 5.02 Å². The third-order valence-electron chi connectivity index (χ3n) is 4.44. The van der Waals surface area contributed by atoms with Crippen molar-refractivity contribution < 1.29 is 17.9 Å². The Morgan fingerprint density at radius 1 is 1.17 bits per heavy atom. The summed E-state index contributed by atoms with van der Waals surface area (Å²) in [5.41, 5.74) is 2.09. The van der Waals surface area contributed by atoms with Crippen LogP contribution in [0.15, 0.2) is 42.5 Å². The zero-order valence-electron chi connectivity index (χ0n) is 17.1. The summed E-state index contributed by atoms with van der Waals surface area (Å²) in [7, 11) is -3.70. The van der Waals surface area contributed by atoms with E-state index in [-0.39, 0.29) is 12.5 Å². The highest BCUT2D eigenvalue weighted by Gasteiger charge is 2.31.